The molecule has 11 rings (SSSR count). The minimum Gasteiger partial charge on any atom is -0.310 e. The van der Waals surface area contributed by atoms with Gasteiger partial charge in [0.1, 0.15) is 5.82 Å². The zero-order valence-corrected chi connectivity index (χ0v) is 29.6. The van der Waals surface area contributed by atoms with Crippen molar-refractivity contribution in [3.63, 3.8) is 0 Å². The molecule has 0 saturated heterocycles. The van der Waals surface area contributed by atoms with Crippen molar-refractivity contribution in [1.82, 2.24) is 4.57 Å². The minimum atomic E-state index is -0.239. The van der Waals surface area contributed by atoms with Crippen molar-refractivity contribution in [3.8, 4) is 27.9 Å². The lowest BCUT2D eigenvalue weighted by Crippen LogP contribution is -2.26. The lowest BCUT2D eigenvalue weighted by Gasteiger charge is -2.30. The van der Waals surface area contributed by atoms with Gasteiger partial charge in [0.15, 0.2) is 0 Å². The van der Waals surface area contributed by atoms with Gasteiger partial charge in [-0.25, -0.2) is 4.39 Å². The summed E-state index contributed by atoms with van der Waals surface area (Å²) in [5.41, 5.74) is 17.1. The van der Waals surface area contributed by atoms with E-state index in [1.54, 1.807) is 0 Å². The van der Waals surface area contributed by atoms with Crippen LogP contribution in [0.5, 0.6) is 0 Å². The first-order valence-corrected chi connectivity index (χ1v) is 18.7. The quantitative estimate of drug-likeness (QED) is 0.174. The van der Waals surface area contributed by atoms with Gasteiger partial charge in [0.2, 0.25) is 0 Å². The van der Waals surface area contributed by atoms with Crippen LogP contribution in [-0.4, -0.2) is 4.57 Å². The topological polar surface area (TPSA) is 8.17 Å². The Bertz CT molecular complexity index is 2860. The summed E-state index contributed by atoms with van der Waals surface area (Å²) < 4.78 is 16.3. The van der Waals surface area contributed by atoms with Crippen LogP contribution in [0, 0.1) is 5.82 Å². The molecule has 256 valence electrons. The fourth-order valence-corrected chi connectivity index (χ4v) is 9.43. The normalized spacial score (nSPS) is 13.6. The number of para-hydroxylation sites is 1. The molecule has 0 amide bonds. The first kappa shape index (κ1) is 30.9. The van der Waals surface area contributed by atoms with E-state index in [1.807, 2.05) is 12.1 Å². The van der Waals surface area contributed by atoms with Gasteiger partial charge in [-0.15, -0.1) is 0 Å². The molecule has 0 N–H and O–H groups in total. The number of benzene rings is 8. The third kappa shape index (κ3) is 4.65. The van der Waals surface area contributed by atoms with Gasteiger partial charge in [-0.3, -0.25) is 0 Å². The zero-order chi connectivity index (χ0) is 35.8. The van der Waals surface area contributed by atoms with Crippen molar-refractivity contribution in [2.45, 2.75) is 18.3 Å². The Labute approximate surface area is 314 Å². The molecule has 9 aromatic rings. The van der Waals surface area contributed by atoms with Crippen LogP contribution in [0.15, 0.2) is 188 Å². The first-order chi connectivity index (χ1) is 26.6. The monoisotopic (exact) mass is 694 g/mol. The second-order valence-corrected chi connectivity index (χ2v) is 14.8. The Morgan fingerprint density at radius 1 is 0.444 bits per heavy atom. The molecule has 1 spiro atoms. The number of nitrogens with zero attached hydrogens (tertiary/aromatic N) is 2. The third-order valence-electron chi connectivity index (χ3n) is 11.8. The average Bonchev–Trinajstić information content (AvgIpc) is 3.87. The number of hydrogen-bond donors (Lipinski definition) is 0. The average molecular weight is 695 g/mol. The van der Waals surface area contributed by atoms with E-state index >= 15 is 0 Å². The maximum Gasteiger partial charge on any atom is 0.123 e. The van der Waals surface area contributed by atoms with Crippen molar-refractivity contribution >= 4 is 38.9 Å². The SMILES string of the molecule is Fc1ccc(-n2c3ccccc3c3cc(N(c4ccc(-c5ccccc5)cc4)c4ccc5c(c4)C4(Cc6ccccc6C4)c4ccccc4-5)ccc32)cc1. The Morgan fingerprint density at radius 3 is 1.83 bits per heavy atom. The lowest BCUT2D eigenvalue weighted by molar-refractivity contribution is 0.563. The Balaban J connectivity index is 1.12. The van der Waals surface area contributed by atoms with Crippen molar-refractivity contribution in [3.05, 3.63) is 216 Å². The molecule has 0 atom stereocenters. The van der Waals surface area contributed by atoms with Crippen molar-refractivity contribution in [2.24, 2.45) is 0 Å². The summed E-state index contributed by atoms with van der Waals surface area (Å²) in [6, 6.07) is 66.7. The molecule has 0 unspecified atom stereocenters. The maximum atomic E-state index is 14.1. The first-order valence-electron chi connectivity index (χ1n) is 18.7. The number of aromatic nitrogens is 1. The molecular weight excluding hydrogens is 660 g/mol. The van der Waals surface area contributed by atoms with Gasteiger partial charge in [-0.05, 0) is 130 Å². The van der Waals surface area contributed by atoms with E-state index in [4.69, 9.17) is 0 Å². The van der Waals surface area contributed by atoms with E-state index < -0.39 is 0 Å². The highest BCUT2D eigenvalue weighted by Gasteiger charge is 2.47. The van der Waals surface area contributed by atoms with Crippen LogP contribution >= 0.6 is 0 Å². The van der Waals surface area contributed by atoms with Gasteiger partial charge >= 0.3 is 0 Å². The fourth-order valence-electron chi connectivity index (χ4n) is 9.43. The molecule has 1 aromatic heterocycles. The predicted molar refractivity (Wildman–Crippen MR) is 221 cm³/mol. The van der Waals surface area contributed by atoms with Crippen LogP contribution in [0.4, 0.5) is 21.5 Å². The van der Waals surface area contributed by atoms with Crippen molar-refractivity contribution in [2.75, 3.05) is 4.90 Å². The standard InChI is InChI=1S/C51H35FN2/c52-38-20-24-40(25-21-38)54-49-17-9-7-15-45(49)46-30-41(27-29-50(46)54)53(39-22-18-35(19-23-39)34-10-2-1-3-11-34)42-26-28-44-43-14-6-8-16-47(43)51(48(44)31-42)32-36-12-4-5-13-37(36)33-51/h1-31H,32-33H2. The second kappa shape index (κ2) is 11.9. The second-order valence-electron chi connectivity index (χ2n) is 14.8. The fraction of sp³-hybridized carbons (Fsp3) is 0.0588. The van der Waals surface area contributed by atoms with E-state index in [1.165, 1.54) is 56.6 Å². The van der Waals surface area contributed by atoms with E-state index in [0.717, 1.165) is 57.4 Å². The molecule has 2 aliphatic rings. The summed E-state index contributed by atoms with van der Waals surface area (Å²) in [4.78, 5) is 2.41. The minimum absolute atomic E-state index is 0.110. The summed E-state index contributed by atoms with van der Waals surface area (Å²) in [7, 11) is 0. The summed E-state index contributed by atoms with van der Waals surface area (Å²) >= 11 is 0. The van der Waals surface area contributed by atoms with Crippen LogP contribution in [0.1, 0.15) is 22.3 Å². The number of rotatable bonds is 5. The Kier molecular flexibility index (Phi) is 6.81. The molecule has 54 heavy (non-hydrogen) atoms. The van der Waals surface area contributed by atoms with E-state index in [9.17, 15) is 4.39 Å². The van der Waals surface area contributed by atoms with Gasteiger partial charge in [-0.2, -0.15) is 0 Å². The molecule has 1 heterocycles. The lowest BCUT2D eigenvalue weighted by atomic mass is 9.75. The van der Waals surface area contributed by atoms with Crippen molar-refractivity contribution in [1.29, 1.82) is 0 Å². The van der Waals surface area contributed by atoms with Gasteiger partial charge in [-0.1, -0.05) is 115 Å². The van der Waals surface area contributed by atoms with Crippen LogP contribution in [0.2, 0.25) is 0 Å². The van der Waals surface area contributed by atoms with Crippen LogP contribution in [0.3, 0.4) is 0 Å². The van der Waals surface area contributed by atoms with Crippen molar-refractivity contribution < 1.29 is 4.39 Å². The molecule has 0 aliphatic heterocycles. The highest BCUT2D eigenvalue weighted by molar-refractivity contribution is 6.10. The largest absolute Gasteiger partial charge is 0.310 e. The molecule has 2 aliphatic carbocycles. The van der Waals surface area contributed by atoms with E-state index in [-0.39, 0.29) is 11.2 Å². The number of anilines is 3. The summed E-state index contributed by atoms with van der Waals surface area (Å²) in [6.45, 7) is 0. The maximum absolute atomic E-state index is 14.1. The van der Waals surface area contributed by atoms with E-state index in [2.05, 4.69) is 173 Å². The highest BCUT2D eigenvalue weighted by atomic mass is 19.1. The zero-order valence-electron chi connectivity index (χ0n) is 29.6. The molecule has 0 radical (unpaired) electrons. The molecule has 3 heteroatoms. The smallest absolute Gasteiger partial charge is 0.123 e. The molecule has 8 aromatic carbocycles. The predicted octanol–water partition coefficient (Wildman–Crippen LogP) is 13.1. The van der Waals surface area contributed by atoms with Crippen LogP contribution in [0.25, 0.3) is 49.7 Å². The molecule has 0 bridgehead atoms. The Hall–Kier alpha value is -6.71. The van der Waals surface area contributed by atoms with Gasteiger partial charge in [0.05, 0.1) is 11.0 Å². The summed E-state index contributed by atoms with van der Waals surface area (Å²) in [5.74, 6) is -0.239. The number of halogens is 1. The number of fused-ring (bicyclic) bond motifs is 9. The van der Waals surface area contributed by atoms with Crippen LogP contribution in [-0.2, 0) is 18.3 Å². The Morgan fingerprint density at radius 2 is 1.04 bits per heavy atom. The molecule has 0 fully saturated rings. The highest BCUT2D eigenvalue weighted by Crippen LogP contribution is 2.56. The number of hydrogen-bond acceptors (Lipinski definition) is 1. The van der Waals surface area contributed by atoms with Gasteiger partial charge in [0.25, 0.3) is 0 Å². The third-order valence-corrected chi connectivity index (χ3v) is 11.8. The summed E-state index contributed by atoms with van der Waals surface area (Å²) in [5, 5.41) is 2.31. The molecular formula is C51H35FN2. The molecule has 0 saturated carbocycles. The van der Waals surface area contributed by atoms with Gasteiger partial charge in [0, 0.05) is 38.9 Å². The van der Waals surface area contributed by atoms with Gasteiger partial charge < -0.3 is 9.47 Å². The van der Waals surface area contributed by atoms with E-state index in [0.29, 0.717) is 0 Å². The van der Waals surface area contributed by atoms with Crippen LogP contribution < -0.4 is 4.90 Å². The molecule has 2 nitrogen and oxygen atoms in total. The summed E-state index contributed by atoms with van der Waals surface area (Å²) in [6.07, 6.45) is 1.99.